The molecule has 1 aliphatic carbocycles. The Morgan fingerprint density at radius 2 is 1.88 bits per heavy atom. The van der Waals surface area contributed by atoms with E-state index in [0.29, 0.717) is 5.82 Å². The number of hydrogen-bond donors (Lipinski definition) is 1. The van der Waals surface area contributed by atoms with Crippen LogP contribution in [0.15, 0.2) is 30.6 Å². The fourth-order valence-electron chi connectivity index (χ4n) is 3.39. The normalized spacial score (nSPS) is 16.5. The number of nitrogens with two attached hydrogens (primary N) is 1. The van der Waals surface area contributed by atoms with Crippen LogP contribution in [0.5, 0.6) is 0 Å². The van der Waals surface area contributed by atoms with Gasteiger partial charge in [-0.25, -0.2) is 14.6 Å². The molecule has 4 rings (SSSR count). The molecule has 2 N–H and O–H groups in total. The Bertz CT molecular complexity index is 934. The van der Waals surface area contributed by atoms with E-state index in [9.17, 15) is 0 Å². The molecule has 124 valence electrons. The molecule has 1 aromatic carbocycles. The van der Waals surface area contributed by atoms with Gasteiger partial charge in [-0.05, 0) is 45.2 Å². The molecule has 0 amide bonds. The molecular formula is C18H20ClN5. The molecule has 1 saturated carbocycles. The van der Waals surface area contributed by atoms with Crippen LogP contribution in [0.4, 0.5) is 5.82 Å². The quantitative estimate of drug-likeness (QED) is 0.767. The van der Waals surface area contributed by atoms with Crippen molar-refractivity contribution in [3.8, 4) is 0 Å². The van der Waals surface area contributed by atoms with E-state index in [1.54, 1.807) is 0 Å². The van der Waals surface area contributed by atoms with Crippen molar-refractivity contribution in [2.45, 2.75) is 44.6 Å². The lowest BCUT2D eigenvalue weighted by Crippen LogP contribution is -2.24. The fraction of sp³-hybridized carbons (Fsp3) is 0.389. The van der Waals surface area contributed by atoms with Gasteiger partial charge < -0.3 is 5.73 Å². The van der Waals surface area contributed by atoms with Gasteiger partial charge in [0.15, 0.2) is 5.65 Å². The summed E-state index contributed by atoms with van der Waals surface area (Å²) >= 11 is 6.49. The monoisotopic (exact) mass is 341 g/mol. The van der Waals surface area contributed by atoms with Gasteiger partial charge >= 0.3 is 0 Å². The Morgan fingerprint density at radius 1 is 1.17 bits per heavy atom. The number of rotatable bonds is 2. The minimum atomic E-state index is -0.201. The van der Waals surface area contributed by atoms with Gasteiger partial charge in [0.25, 0.3) is 0 Å². The van der Waals surface area contributed by atoms with Crippen molar-refractivity contribution < 1.29 is 0 Å². The zero-order chi connectivity index (χ0) is 17.1. The van der Waals surface area contributed by atoms with Gasteiger partial charge in [-0.1, -0.05) is 29.8 Å². The van der Waals surface area contributed by atoms with Crippen molar-refractivity contribution in [3.05, 3.63) is 46.9 Å². The maximum atomic E-state index is 6.49. The van der Waals surface area contributed by atoms with Gasteiger partial charge in [0.05, 0.1) is 16.6 Å². The summed E-state index contributed by atoms with van der Waals surface area (Å²) in [5.74, 6) is 0.476. The van der Waals surface area contributed by atoms with Gasteiger partial charge in [0, 0.05) is 10.4 Å². The van der Waals surface area contributed by atoms with Crippen LogP contribution in [0.3, 0.4) is 0 Å². The molecule has 1 aliphatic rings. The first kappa shape index (κ1) is 15.4. The highest BCUT2D eigenvalue weighted by atomic mass is 35.5. The van der Waals surface area contributed by atoms with Crippen molar-refractivity contribution in [3.63, 3.8) is 0 Å². The Morgan fingerprint density at radius 3 is 2.50 bits per heavy atom. The molecule has 6 heteroatoms. The molecule has 0 saturated heterocycles. The van der Waals surface area contributed by atoms with Crippen LogP contribution in [0.1, 0.15) is 44.9 Å². The summed E-state index contributed by atoms with van der Waals surface area (Å²) in [5, 5.41) is 6.57. The first-order chi connectivity index (χ1) is 11.3. The van der Waals surface area contributed by atoms with Crippen LogP contribution < -0.4 is 5.73 Å². The average Bonchev–Trinajstić information content (AvgIpc) is 3.20. The molecule has 24 heavy (non-hydrogen) atoms. The van der Waals surface area contributed by atoms with Crippen molar-refractivity contribution in [1.82, 2.24) is 19.7 Å². The highest BCUT2D eigenvalue weighted by molar-refractivity contribution is 6.31. The minimum Gasteiger partial charge on any atom is -0.383 e. The third-order valence-corrected chi connectivity index (χ3v) is 5.05. The van der Waals surface area contributed by atoms with E-state index in [-0.39, 0.29) is 11.0 Å². The zero-order valence-electron chi connectivity index (χ0n) is 14.0. The van der Waals surface area contributed by atoms with E-state index in [0.717, 1.165) is 40.2 Å². The predicted octanol–water partition coefficient (Wildman–Crippen LogP) is 3.90. The number of halogens is 1. The lowest BCUT2D eigenvalue weighted by molar-refractivity contribution is 0.362. The Kier molecular flexibility index (Phi) is 3.16. The summed E-state index contributed by atoms with van der Waals surface area (Å²) in [6, 6.07) is 7.98. The number of nitrogen functional groups attached to an aromatic ring is 1. The summed E-state index contributed by atoms with van der Waals surface area (Å²) in [4.78, 5) is 8.66. The third kappa shape index (κ3) is 2.11. The van der Waals surface area contributed by atoms with Crippen LogP contribution in [0.2, 0.25) is 5.02 Å². The summed E-state index contributed by atoms with van der Waals surface area (Å²) in [6.07, 6.45) is 3.50. The second kappa shape index (κ2) is 4.93. The van der Waals surface area contributed by atoms with Crippen LogP contribution in [-0.4, -0.2) is 19.7 Å². The standard InChI is InChI=1S/C18H20ClN5/c1-17(2,3)24-16-13(15(20)21-10-22-16)14(23-24)18(8-9-18)11-6-4-5-7-12(11)19/h4-7,10H,8-9H2,1-3H3,(H2,20,21,22). The Labute approximate surface area is 145 Å². The molecule has 0 radical (unpaired) electrons. The van der Waals surface area contributed by atoms with E-state index in [1.165, 1.54) is 6.33 Å². The van der Waals surface area contributed by atoms with Gasteiger partial charge in [-0.2, -0.15) is 5.10 Å². The number of fused-ring (bicyclic) bond motifs is 1. The molecule has 2 aromatic heterocycles. The number of aromatic nitrogens is 4. The SMILES string of the molecule is CC(C)(C)n1nc(C2(c3ccccc3Cl)CC2)c2c(N)ncnc21. The summed E-state index contributed by atoms with van der Waals surface area (Å²) < 4.78 is 1.95. The van der Waals surface area contributed by atoms with E-state index in [4.69, 9.17) is 22.4 Å². The number of benzene rings is 1. The van der Waals surface area contributed by atoms with Gasteiger partial charge in [0.1, 0.15) is 12.1 Å². The molecule has 0 spiro atoms. The van der Waals surface area contributed by atoms with Gasteiger partial charge in [-0.15, -0.1) is 0 Å². The summed E-state index contributed by atoms with van der Waals surface area (Å²) in [7, 11) is 0. The molecule has 0 bridgehead atoms. The molecule has 5 nitrogen and oxygen atoms in total. The maximum Gasteiger partial charge on any atom is 0.164 e. The molecule has 1 fully saturated rings. The van der Waals surface area contributed by atoms with Crippen LogP contribution >= 0.6 is 11.6 Å². The molecule has 0 aliphatic heterocycles. The predicted molar refractivity (Wildman–Crippen MR) is 96.2 cm³/mol. The molecule has 0 unspecified atom stereocenters. The second-order valence-electron chi connectivity index (χ2n) is 7.45. The second-order valence-corrected chi connectivity index (χ2v) is 7.86. The van der Waals surface area contributed by atoms with Crippen molar-refractivity contribution in [1.29, 1.82) is 0 Å². The number of nitrogens with zero attached hydrogens (tertiary/aromatic N) is 4. The first-order valence-corrected chi connectivity index (χ1v) is 8.47. The molecule has 0 atom stereocenters. The highest BCUT2D eigenvalue weighted by Crippen LogP contribution is 2.56. The van der Waals surface area contributed by atoms with Crippen molar-refractivity contribution in [2.24, 2.45) is 0 Å². The number of anilines is 1. The maximum absolute atomic E-state index is 6.49. The largest absolute Gasteiger partial charge is 0.383 e. The minimum absolute atomic E-state index is 0.189. The molecular weight excluding hydrogens is 322 g/mol. The third-order valence-electron chi connectivity index (χ3n) is 4.72. The van der Waals surface area contributed by atoms with Gasteiger partial charge in [-0.3, -0.25) is 0 Å². The smallest absolute Gasteiger partial charge is 0.164 e. The first-order valence-electron chi connectivity index (χ1n) is 8.10. The van der Waals surface area contributed by atoms with E-state index < -0.39 is 0 Å². The van der Waals surface area contributed by atoms with Crippen LogP contribution in [0, 0.1) is 0 Å². The topological polar surface area (TPSA) is 69.6 Å². The number of hydrogen-bond acceptors (Lipinski definition) is 4. The van der Waals surface area contributed by atoms with Crippen LogP contribution in [-0.2, 0) is 11.0 Å². The van der Waals surface area contributed by atoms with E-state index in [1.807, 2.05) is 22.9 Å². The fourth-order valence-corrected chi connectivity index (χ4v) is 3.70. The zero-order valence-corrected chi connectivity index (χ0v) is 14.8. The van der Waals surface area contributed by atoms with E-state index >= 15 is 0 Å². The molecule has 2 heterocycles. The Balaban J connectivity index is 2.03. The highest BCUT2D eigenvalue weighted by Gasteiger charge is 2.51. The molecule has 3 aromatic rings. The summed E-state index contributed by atoms with van der Waals surface area (Å²) in [6.45, 7) is 6.32. The van der Waals surface area contributed by atoms with Crippen molar-refractivity contribution in [2.75, 3.05) is 5.73 Å². The summed E-state index contributed by atoms with van der Waals surface area (Å²) in [5.41, 5.74) is 8.66. The average molecular weight is 342 g/mol. The lowest BCUT2D eigenvalue weighted by Gasteiger charge is -2.20. The van der Waals surface area contributed by atoms with E-state index in [2.05, 4.69) is 36.8 Å². The van der Waals surface area contributed by atoms with Gasteiger partial charge in [0.2, 0.25) is 0 Å². The lowest BCUT2D eigenvalue weighted by atomic mass is 9.91. The van der Waals surface area contributed by atoms with Crippen LogP contribution in [0.25, 0.3) is 11.0 Å². The Hall–Kier alpha value is -2.14. The van der Waals surface area contributed by atoms with Crippen molar-refractivity contribution >= 4 is 28.5 Å².